The van der Waals surface area contributed by atoms with E-state index in [4.69, 9.17) is 4.74 Å². The van der Waals surface area contributed by atoms with Crippen LogP contribution in [0, 0.1) is 5.82 Å². The number of fused-ring (bicyclic) bond motifs is 1. The van der Waals surface area contributed by atoms with Gasteiger partial charge in [-0.15, -0.1) is 6.58 Å². The van der Waals surface area contributed by atoms with Gasteiger partial charge in [-0.05, 0) is 87.3 Å². The third kappa shape index (κ3) is 6.45. The fourth-order valence-corrected chi connectivity index (χ4v) is 4.94. The second-order valence-corrected chi connectivity index (χ2v) is 9.28. The Morgan fingerprint density at radius 2 is 2.00 bits per heavy atom. The van der Waals surface area contributed by atoms with Crippen LogP contribution in [0.25, 0.3) is 0 Å². The Hall–Kier alpha value is -2.58. The van der Waals surface area contributed by atoms with E-state index in [1.165, 1.54) is 28.6 Å². The molecule has 1 aliphatic heterocycles. The van der Waals surface area contributed by atoms with Gasteiger partial charge in [0.2, 0.25) is 0 Å². The topological polar surface area (TPSA) is 61.9 Å². The molecule has 0 atom stereocenters. The third-order valence-corrected chi connectivity index (χ3v) is 6.61. The summed E-state index contributed by atoms with van der Waals surface area (Å²) in [6.45, 7) is 6.62. The van der Waals surface area contributed by atoms with Crippen molar-refractivity contribution >= 4 is 21.6 Å². The van der Waals surface area contributed by atoms with Gasteiger partial charge in [0, 0.05) is 13.1 Å². The van der Waals surface area contributed by atoms with Gasteiger partial charge in [0.15, 0.2) is 0 Å². The van der Waals surface area contributed by atoms with Gasteiger partial charge in [-0.25, -0.2) is 4.39 Å². The van der Waals surface area contributed by atoms with Crippen LogP contribution in [0.5, 0.6) is 5.75 Å². The summed E-state index contributed by atoms with van der Waals surface area (Å²) in [4.78, 5) is 2.21. The number of hydrogen-bond donors (Lipinski definition) is 1. The fraction of sp³-hybridized carbons (Fsp3) is 0.391. The van der Waals surface area contributed by atoms with Crippen molar-refractivity contribution in [1.82, 2.24) is 4.90 Å². The molecule has 1 N–H and O–H groups in total. The minimum Gasteiger partial charge on any atom is -0.494 e. The van der Waals surface area contributed by atoms with Gasteiger partial charge < -0.3 is 9.64 Å². The molecule has 2 aromatic rings. The van der Waals surface area contributed by atoms with Crippen LogP contribution in [0.2, 0.25) is 0 Å². The molecule has 1 aliphatic rings. The van der Waals surface area contributed by atoms with Crippen LogP contribution in [0.4, 0.5) is 15.8 Å². The molecule has 0 radical (unpaired) electrons. The average molecular weight is 448 g/mol. The number of rotatable bonds is 11. The summed E-state index contributed by atoms with van der Waals surface area (Å²) >= 11 is 0. The summed E-state index contributed by atoms with van der Waals surface area (Å²) in [5.74, 6) is 0.339. The Morgan fingerprint density at radius 3 is 2.74 bits per heavy atom. The number of benzene rings is 2. The lowest BCUT2D eigenvalue weighted by Gasteiger charge is -2.31. The molecule has 3 rings (SSSR count). The van der Waals surface area contributed by atoms with E-state index in [2.05, 4.69) is 23.2 Å². The van der Waals surface area contributed by atoms with Gasteiger partial charge in [0.05, 0.1) is 18.0 Å². The lowest BCUT2D eigenvalue weighted by Crippen LogP contribution is -2.39. The van der Waals surface area contributed by atoms with Crippen molar-refractivity contribution in [2.45, 2.75) is 25.7 Å². The van der Waals surface area contributed by atoms with E-state index in [0.29, 0.717) is 24.5 Å². The Labute approximate surface area is 184 Å². The Bertz CT molecular complexity index is 980. The highest BCUT2D eigenvalue weighted by Crippen LogP contribution is 2.33. The molecule has 1 heterocycles. The van der Waals surface area contributed by atoms with Gasteiger partial charge in [-0.1, -0.05) is 6.08 Å². The average Bonchev–Trinajstić information content (AvgIpc) is 2.74. The normalized spacial score (nSPS) is 13.7. The molecule has 0 aromatic heterocycles. The molecule has 0 fully saturated rings. The summed E-state index contributed by atoms with van der Waals surface area (Å²) < 4.78 is 48.7. The van der Waals surface area contributed by atoms with Gasteiger partial charge in [0.1, 0.15) is 11.6 Å². The number of anilines is 2. The van der Waals surface area contributed by atoms with Crippen molar-refractivity contribution in [1.29, 1.82) is 0 Å². The highest BCUT2D eigenvalue weighted by molar-refractivity contribution is 7.94. The van der Waals surface area contributed by atoms with Crippen LogP contribution < -0.4 is 13.8 Å². The Morgan fingerprint density at radius 1 is 1.23 bits per heavy atom. The maximum Gasteiger partial charge on any atom is 0.323 e. The van der Waals surface area contributed by atoms with E-state index < -0.39 is 16.0 Å². The number of nitrogens with one attached hydrogen (secondary N) is 1. The largest absolute Gasteiger partial charge is 0.494 e. The van der Waals surface area contributed by atoms with Crippen LogP contribution in [0.15, 0.2) is 55.1 Å². The first-order chi connectivity index (χ1) is 14.9. The SMILES string of the molecule is C=CCN(C)CCCCOc1ccc2c(c1)CCCN2S(=O)(=O)Nc1ccc(F)cc1. The first kappa shape index (κ1) is 23.1. The van der Waals surface area contributed by atoms with Crippen LogP contribution in [0.1, 0.15) is 24.8 Å². The first-order valence-corrected chi connectivity index (χ1v) is 11.9. The molecule has 8 heteroatoms. The molecule has 0 spiro atoms. The summed E-state index contributed by atoms with van der Waals surface area (Å²) in [6, 6.07) is 10.8. The van der Waals surface area contributed by atoms with E-state index >= 15 is 0 Å². The van der Waals surface area contributed by atoms with Crippen LogP contribution in [0.3, 0.4) is 0 Å². The number of hydrogen-bond acceptors (Lipinski definition) is 4. The molecule has 168 valence electrons. The standard InChI is InChI=1S/C23H30FN3O3S/c1-3-14-26(2)15-4-5-17-30-22-12-13-23-19(18-22)7-6-16-27(23)31(28,29)25-21-10-8-20(24)9-11-21/h3,8-13,18,25H,1,4-7,14-17H2,2H3. The first-order valence-electron chi connectivity index (χ1n) is 10.5. The zero-order valence-electron chi connectivity index (χ0n) is 17.9. The van der Waals surface area contributed by atoms with Gasteiger partial charge >= 0.3 is 10.2 Å². The monoisotopic (exact) mass is 447 g/mol. The maximum absolute atomic E-state index is 13.1. The second-order valence-electron chi connectivity index (χ2n) is 7.69. The zero-order valence-corrected chi connectivity index (χ0v) is 18.7. The van der Waals surface area contributed by atoms with Gasteiger partial charge in [0.25, 0.3) is 0 Å². The van der Waals surface area contributed by atoms with Crippen LogP contribution >= 0.6 is 0 Å². The minimum atomic E-state index is -3.80. The molecule has 0 amide bonds. The highest BCUT2D eigenvalue weighted by Gasteiger charge is 2.27. The number of nitrogens with zero attached hydrogens (tertiary/aromatic N) is 2. The minimum absolute atomic E-state index is 0.326. The lowest BCUT2D eigenvalue weighted by molar-refractivity contribution is 0.287. The van der Waals surface area contributed by atoms with Crippen molar-refractivity contribution in [2.24, 2.45) is 0 Å². The van der Waals surface area contributed by atoms with E-state index in [1.54, 1.807) is 6.07 Å². The molecule has 0 unspecified atom stereocenters. The van der Waals surface area contributed by atoms with Crippen molar-refractivity contribution in [3.63, 3.8) is 0 Å². The van der Waals surface area contributed by atoms with Crippen molar-refractivity contribution in [3.8, 4) is 5.75 Å². The van der Waals surface area contributed by atoms with Crippen molar-refractivity contribution in [2.75, 3.05) is 42.3 Å². The number of aryl methyl sites for hydroxylation is 1. The van der Waals surface area contributed by atoms with Gasteiger partial charge in [-0.3, -0.25) is 9.03 Å². The smallest absolute Gasteiger partial charge is 0.323 e. The predicted molar refractivity (Wildman–Crippen MR) is 123 cm³/mol. The molecular weight excluding hydrogens is 417 g/mol. The van der Waals surface area contributed by atoms with E-state index in [0.717, 1.165) is 50.1 Å². The highest BCUT2D eigenvalue weighted by atomic mass is 32.2. The Balaban J connectivity index is 1.60. The molecule has 2 aromatic carbocycles. The van der Waals surface area contributed by atoms with E-state index in [1.807, 2.05) is 18.2 Å². The Kier molecular flexibility index (Phi) is 7.92. The molecule has 6 nitrogen and oxygen atoms in total. The lowest BCUT2D eigenvalue weighted by atomic mass is 10.0. The molecular formula is C23H30FN3O3S. The predicted octanol–water partition coefficient (Wildman–Crippen LogP) is 4.21. The molecule has 0 bridgehead atoms. The molecule has 31 heavy (non-hydrogen) atoms. The summed E-state index contributed by atoms with van der Waals surface area (Å²) in [7, 11) is -1.74. The van der Waals surface area contributed by atoms with Crippen LogP contribution in [-0.2, 0) is 16.6 Å². The van der Waals surface area contributed by atoms with E-state index in [-0.39, 0.29) is 0 Å². The number of unbranched alkanes of at least 4 members (excludes halogenated alkanes) is 1. The van der Waals surface area contributed by atoms with Gasteiger partial charge in [-0.2, -0.15) is 8.42 Å². The molecule has 0 aliphatic carbocycles. The van der Waals surface area contributed by atoms with Crippen molar-refractivity contribution < 1.29 is 17.5 Å². The number of halogens is 1. The number of ether oxygens (including phenoxy) is 1. The number of likely N-dealkylation sites (N-methyl/N-ethyl adjacent to an activating group) is 1. The third-order valence-electron chi connectivity index (χ3n) is 5.15. The molecule has 0 saturated carbocycles. The maximum atomic E-state index is 13.1. The summed E-state index contributed by atoms with van der Waals surface area (Å²) in [5, 5.41) is 0. The summed E-state index contributed by atoms with van der Waals surface area (Å²) in [6.07, 6.45) is 5.39. The van der Waals surface area contributed by atoms with Crippen molar-refractivity contribution in [3.05, 3.63) is 66.5 Å². The zero-order chi connectivity index (χ0) is 22.3. The molecule has 0 saturated heterocycles. The van der Waals surface area contributed by atoms with E-state index in [9.17, 15) is 12.8 Å². The quantitative estimate of drug-likeness (QED) is 0.414. The summed E-state index contributed by atoms with van der Waals surface area (Å²) in [5.41, 5.74) is 1.92. The van der Waals surface area contributed by atoms with Crippen LogP contribution in [-0.4, -0.2) is 46.6 Å². The fourth-order valence-electron chi connectivity index (χ4n) is 3.59. The second kappa shape index (κ2) is 10.6.